The molecule has 0 atom stereocenters. The summed E-state index contributed by atoms with van der Waals surface area (Å²) in [6.07, 6.45) is 23.3. The van der Waals surface area contributed by atoms with Crippen LogP contribution in [0.3, 0.4) is 0 Å². The summed E-state index contributed by atoms with van der Waals surface area (Å²) in [7, 11) is 0. The number of unbranched alkanes of at least 4 members (excludes halogenated alkanes) is 15. The molecule has 0 fully saturated rings. The fraction of sp³-hybridized carbons (Fsp3) is 0.909. The Labute approximate surface area is 252 Å². The summed E-state index contributed by atoms with van der Waals surface area (Å²) in [6.45, 7) is 12.4. The second-order valence-electron chi connectivity index (χ2n) is 10.3. The van der Waals surface area contributed by atoms with E-state index in [0.29, 0.717) is 72.7 Å². The molecule has 0 aromatic heterocycles. The molecule has 8 nitrogen and oxygen atoms in total. The molecular weight excluding hydrogens is 524 g/mol. The van der Waals surface area contributed by atoms with Crippen LogP contribution < -0.4 is 0 Å². The average Bonchev–Trinajstić information content (AvgIpc) is 2.99. The molecule has 0 aromatic rings. The number of hydrogen-bond donors (Lipinski definition) is 0. The van der Waals surface area contributed by atoms with Gasteiger partial charge < -0.3 is 33.2 Å². The molecule has 0 aliphatic heterocycles. The van der Waals surface area contributed by atoms with Gasteiger partial charge in [-0.2, -0.15) is 0 Å². The highest BCUT2D eigenvalue weighted by atomic mass is 16.6. The van der Waals surface area contributed by atoms with E-state index in [1.54, 1.807) is 0 Å². The summed E-state index contributed by atoms with van der Waals surface area (Å²) in [5.41, 5.74) is 0. The SMILES string of the molecule is C=CC(=O)OCCOCCOCCOCCOCCOCCOCCCCCCCCCCCCCCCCCC. The quantitative estimate of drug-likeness (QED) is 0.0436. The van der Waals surface area contributed by atoms with Gasteiger partial charge in [-0.3, -0.25) is 0 Å². The van der Waals surface area contributed by atoms with E-state index in [9.17, 15) is 4.79 Å². The molecule has 0 saturated carbocycles. The molecule has 0 rings (SSSR count). The number of carbonyl (C=O) groups is 1. The molecule has 244 valence electrons. The van der Waals surface area contributed by atoms with Gasteiger partial charge in [0.2, 0.25) is 0 Å². The molecule has 0 unspecified atom stereocenters. The maximum Gasteiger partial charge on any atom is 0.330 e. The summed E-state index contributed by atoms with van der Waals surface area (Å²) < 4.78 is 37.6. The number of ether oxygens (including phenoxy) is 7. The van der Waals surface area contributed by atoms with Gasteiger partial charge in [0.25, 0.3) is 0 Å². The maximum atomic E-state index is 10.8. The predicted octanol–water partition coefficient (Wildman–Crippen LogP) is 7.08. The molecule has 0 amide bonds. The Morgan fingerprint density at radius 2 is 0.683 bits per heavy atom. The van der Waals surface area contributed by atoms with Crippen LogP contribution >= 0.6 is 0 Å². The monoisotopic (exact) mass is 588 g/mol. The van der Waals surface area contributed by atoms with Crippen LogP contribution in [-0.2, 0) is 38.0 Å². The third-order valence-electron chi connectivity index (χ3n) is 6.64. The van der Waals surface area contributed by atoms with E-state index in [1.165, 1.54) is 96.3 Å². The largest absolute Gasteiger partial charge is 0.460 e. The molecule has 0 aromatic carbocycles. The normalized spacial score (nSPS) is 11.2. The van der Waals surface area contributed by atoms with Crippen LogP contribution in [0.1, 0.15) is 110 Å². The second kappa shape index (κ2) is 37.0. The Bertz CT molecular complexity index is 517. The number of rotatable bonds is 36. The first-order valence-corrected chi connectivity index (χ1v) is 16.6. The number of hydrogen-bond acceptors (Lipinski definition) is 8. The fourth-order valence-corrected chi connectivity index (χ4v) is 4.21. The standard InChI is InChI=1S/C33H64O8/c1-3-5-6-7-8-9-10-11-12-13-14-15-16-17-18-19-20-35-21-22-36-23-24-37-25-26-38-27-28-39-29-30-40-31-32-41-33(34)4-2/h4H,2-3,5-32H2,1H3. The molecule has 8 heteroatoms. The molecule has 0 saturated heterocycles. The fourth-order valence-electron chi connectivity index (χ4n) is 4.21. The minimum absolute atomic E-state index is 0.215. The van der Waals surface area contributed by atoms with Crippen molar-refractivity contribution >= 4 is 5.97 Å². The maximum absolute atomic E-state index is 10.8. The smallest absolute Gasteiger partial charge is 0.330 e. The van der Waals surface area contributed by atoms with Crippen LogP contribution in [0.25, 0.3) is 0 Å². The Morgan fingerprint density at radius 1 is 0.415 bits per heavy atom. The third kappa shape index (κ3) is 36.9. The Kier molecular flexibility index (Phi) is 36.1. The first-order valence-electron chi connectivity index (χ1n) is 16.6. The van der Waals surface area contributed by atoms with Gasteiger partial charge in [0.05, 0.1) is 72.7 Å². The van der Waals surface area contributed by atoms with Crippen LogP contribution in [0, 0.1) is 0 Å². The lowest BCUT2D eigenvalue weighted by Gasteiger charge is -2.08. The minimum Gasteiger partial charge on any atom is -0.460 e. The Balaban J connectivity index is 3.04. The summed E-state index contributed by atoms with van der Waals surface area (Å²) in [5.74, 6) is -0.445. The zero-order valence-corrected chi connectivity index (χ0v) is 26.6. The molecule has 0 spiro atoms. The van der Waals surface area contributed by atoms with Gasteiger partial charge in [-0.1, -0.05) is 110 Å². The van der Waals surface area contributed by atoms with Crippen LogP contribution in [-0.4, -0.2) is 91.9 Å². The van der Waals surface area contributed by atoms with Gasteiger partial charge in [-0.15, -0.1) is 0 Å². The van der Waals surface area contributed by atoms with Crippen molar-refractivity contribution in [2.24, 2.45) is 0 Å². The van der Waals surface area contributed by atoms with E-state index < -0.39 is 5.97 Å². The van der Waals surface area contributed by atoms with Crippen molar-refractivity contribution in [3.05, 3.63) is 12.7 Å². The van der Waals surface area contributed by atoms with Crippen molar-refractivity contribution in [3.8, 4) is 0 Å². The van der Waals surface area contributed by atoms with Gasteiger partial charge in [-0.25, -0.2) is 4.79 Å². The molecule has 0 heterocycles. The van der Waals surface area contributed by atoms with Crippen LogP contribution in [0.4, 0.5) is 0 Å². The minimum atomic E-state index is -0.445. The van der Waals surface area contributed by atoms with Crippen LogP contribution in [0.2, 0.25) is 0 Å². The number of carbonyl (C=O) groups excluding carboxylic acids is 1. The van der Waals surface area contributed by atoms with Gasteiger partial charge in [0.1, 0.15) is 6.61 Å². The zero-order chi connectivity index (χ0) is 29.7. The predicted molar refractivity (Wildman–Crippen MR) is 166 cm³/mol. The van der Waals surface area contributed by atoms with E-state index in [4.69, 9.17) is 33.2 Å². The topological polar surface area (TPSA) is 81.7 Å². The highest BCUT2D eigenvalue weighted by Crippen LogP contribution is 2.13. The van der Waals surface area contributed by atoms with E-state index in [-0.39, 0.29) is 6.61 Å². The highest BCUT2D eigenvalue weighted by Gasteiger charge is 1.97. The van der Waals surface area contributed by atoms with E-state index >= 15 is 0 Å². The molecule has 0 aliphatic carbocycles. The summed E-state index contributed by atoms with van der Waals surface area (Å²) >= 11 is 0. The van der Waals surface area contributed by atoms with Gasteiger partial charge in [0.15, 0.2) is 0 Å². The van der Waals surface area contributed by atoms with Crippen molar-refractivity contribution in [1.82, 2.24) is 0 Å². The van der Waals surface area contributed by atoms with Gasteiger partial charge in [-0.05, 0) is 6.42 Å². The van der Waals surface area contributed by atoms with Crippen molar-refractivity contribution in [2.45, 2.75) is 110 Å². The second-order valence-corrected chi connectivity index (χ2v) is 10.3. The zero-order valence-electron chi connectivity index (χ0n) is 26.6. The van der Waals surface area contributed by atoms with Crippen molar-refractivity contribution < 1.29 is 38.0 Å². The van der Waals surface area contributed by atoms with E-state index in [1.807, 2.05) is 0 Å². The Hall–Kier alpha value is -1.03. The lowest BCUT2D eigenvalue weighted by Crippen LogP contribution is -2.15. The van der Waals surface area contributed by atoms with Crippen LogP contribution in [0.15, 0.2) is 12.7 Å². The van der Waals surface area contributed by atoms with Crippen LogP contribution in [0.5, 0.6) is 0 Å². The highest BCUT2D eigenvalue weighted by molar-refractivity contribution is 5.81. The van der Waals surface area contributed by atoms with Gasteiger partial charge >= 0.3 is 5.97 Å². The van der Waals surface area contributed by atoms with E-state index in [0.717, 1.165) is 19.1 Å². The average molecular weight is 589 g/mol. The van der Waals surface area contributed by atoms with E-state index in [2.05, 4.69) is 13.5 Å². The number of esters is 1. The van der Waals surface area contributed by atoms with Crippen molar-refractivity contribution in [3.63, 3.8) is 0 Å². The van der Waals surface area contributed by atoms with Crippen molar-refractivity contribution in [1.29, 1.82) is 0 Å². The molecule has 0 aliphatic rings. The van der Waals surface area contributed by atoms with Gasteiger partial charge in [0, 0.05) is 12.7 Å². The molecular formula is C33H64O8. The molecule has 0 N–H and O–H groups in total. The Morgan fingerprint density at radius 3 is 1.00 bits per heavy atom. The lowest BCUT2D eigenvalue weighted by molar-refractivity contribution is -0.139. The van der Waals surface area contributed by atoms with Crippen molar-refractivity contribution in [2.75, 3.05) is 85.9 Å². The first kappa shape index (κ1) is 40.0. The third-order valence-corrected chi connectivity index (χ3v) is 6.64. The lowest BCUT2D eigenvalue weighted by atomic mass is 10.0. The molecule has 0 bridgehead atoms. The summed E-state index contributed by atoms with van der Waals surface area (Å²) in [5, 5.41) is 0. The molecule has 0 radical (unpaired) electrons. The summed E-state index contributed by atoms with van der Waals surface area (Å²) in [6, 6.07) is 0. The molecule has 41 heavy (non-hydrogen) atoms. The first-order chi connectivity index (χ1) is 20.3. The summed E-state index contributed by atoms with van der Waals surface area (Å²) in [4.78, 5) is 10.8.